The first-order valence-electron chi connectivity index (χ1n) is 9.29. The number of aryl methyl sites for hydroxylation is 1. The van der Waals surface area contributed by atoms with Crippen LogP contribution in [0, 0.1) is 0 Å². The summed E-state index contributed by atoms with van der Waals surface area (Å²) in [4.78, 5) is 25.4. The maximum Gasteiger partial charge on any atom is 0.251 e. The zero-order valence-electron chi connectivity index (χ0n) is 16.1. The molecular weight excluding hydrogens is 356 g/mol. The largest absolute Gasteiger partial charge is 0.365 e. The van der Waals surface area contributed by atoms with Gasteiger partial charge < -0.3 is 11.1 Å². The van der Waals surface area contributed by atoms with E-state index in [2.05, 4.69) is 38.2 Å². The molecule has 1 aliphatic rings. The summed E-state index contributed by atoms with van der Waals surface area (Å²) in [5.74, 6) is -0.720. The molecule has 0 saturated heterocycles. The van der Waals surface area contributed by atoms with Crippen LogP contribution < -0.4 is 11.1 Å². The highest BCUT2D eigenvalue weighted by atomic mass is 32.1. The van der Waals surface area contributed by atoms with Crippen LogP contribution in [0.1, 0.15) is 65.5 Å². The molecule has 1 aromatic carbocycles. The van der Waals surface area contributed by atoms with Gasteiger partial charge in [0, 0.05) is 11.0 Å². The predicted octanol–water partition coefficient (Wildman–Crippen LogP) is 4.68. The summed E-state index contributed by atoms with van der Waals surface area (Å²) in [5.41, 5.74) is 9.39. The number of hydrogen-bond acceptors (Lipinski definition) is 3. The van der Waals surface area contributed by atoms with E-state index in [9.17, 15) is 9.59 Å². The predicted molar refractivity (Wildman–Crippen MR) is 112 cm³/mol. The Morgan fingerprint density at radius 3 is 2.41 bits per heavy atom. The van der Waals surface area contributed by atoms with Gasteiger partial charge in [0.25, 0.3) is 5.91 Å². The molecule has 0 unspecified atom stereocenters. The molecule has 142 valence electrons. The van der Waals surface area contributed by atoms with Crippen molar-refractivity contribution in [2.24, 2.45) is 5.73 Å². The maximum absolute atomic E-state index is 12.4. The van der Waals surface area contributed by atoms with Crippen LogP contribution in [0.15, 0.2) is 30.3 Å². The van der Waals surface area contributed by atoms with Crippen LogP contribution in [0.2, 0.25) is 0 Å². The lowest BCUT2D eigenvalue weighted by Crippen LogP contribution is -2.17. The van der Waals surface area contributed by atoms with E-state index >= 15 is 0 Å². The number of thiophene rings is 1. The smallest absolute Gasteiger partial charge is 0.251 e. The van der Waals surface area contributed by atoms with Crippen LogP contribution in [-0.2, 0) is 23.1 Å². The van der Waals surface area contributed by atoms with Gasteiger partial charge in [0.05, 0.1) is 5.56 Å². The van der Waals surface area contributed by atoms with Gasteiger partial charge in [0.1, 0.15) is 5.00 Å². The number of nitrogens with one attached hydrogen (secondary N) is 1. The minimum atomic E-state index is -0.466. The van der Waals surface area contributed by atoms with Crippen molar-refractivity contribution in [3.05, 3.63) is 57.5 Å². The van der Waals surface area contributed by atoms with Gasteiger partial charge in [-0.15, -0.1) is 11.3 Å². The summed E-state index contributed by atoms with van der Waals surface area (Å²) in [6.07, 6.45) is 7.25. The third-order valence-electron chi connectivity index (χ3n) is 4.86. The molecule has 0 radical (unpaired) electrons. The van der Waals surface area contributed by atoms with Crippen LogP contribution in [0.25, 0.3) is 6.08 Å². The number of fused-ring (bicyclic) bond motifs is 1. The molecule has 4 nitrogen and oxygen atoms in total. The van der Waals surface area contributed by atoms with Gasteiger partial charge in [-0.3, -0.25) is 9.59 Å². The lowest BCUT2D eigenvalue weighted by Gasteiger charge is -2.18. The lowest BCUT2D eigenvalue weighted by atomic mass is 9.87. The number of benzene rings is 1. The molecule has 1 aromatic heterocycles. The minimum absolute atomic E-state index is 0.100. The molecule has 0 aliphatic heterocycles. The number of primary amides is 1. The number of carbonyl (C=O) groups excluding carboxylic acids is 2. The minimum Gasteiger partial charge on any atom is -0.365 e. The van der Waals surface area contributed by atoms with E-state index in [1.165, 1.54) is 27.9 Å². The molecule has 3 rings (SSSR count). The highest BCUT2D eigenvalue weighted by Gasteiger charge is 2.24. The van der Waals surface area contributed by atoms with E-state index in [1.54, 1.807) is 6.08 Å². The number of carbonyl (C=O) groups is 2. The number of nitrogens with two attached hydrogens (primary N) is 1. The standard InChI is InChI=1S/C22H26N2O2S/c1-22(2,3)15-11-8-14(9-12-15)10-13-18(25)24-21-19(20(23)26)16-6-4-5-7-17(16)27-21/h8-13H,4-7H2,1-3H3,(H2,23,26)(H,24,25)/b13-10+. The Labute approximate surface area is 164 Å². The van der Waals surface area contributed by atoms with Gasteiger partial charge >= 0.3 is 0 Å². The van der Waals surface area contributed by atoms with Crippen molar-refractivity contribution in [3.8, 4) is 0 Å². The number of rotatable bonds is 4. The van der Waals surface area contributed by atoms with Gasteiger partial charge in [-0.1, -0.05) is 45.0 Å². The molecule has 3 N–H and O–H groups in total. The van der Waals surface area contributed by atoms with Crippen LogP contribution in [0.5, 0.6) is 0 Å². The summed E-state index contributed by atoms with van der Waals surface area (Å²) in [6.45, 7) is 6.51. The Hall–Kier alpha value is -2.40. The van der Waals surface area contributed by atoms with Gasteiger partial charge in [0.2, 0.25) is 5.91 Å². The Morgan fingerprint density at radius 1 is 1.11 bits per heavy atom. The van der Waals surface area contributed by atoms with Crippen molar-refractivity contribution in [1.29, 1.82) is 0 Å². The second-order valence-corrected chi connectivity index (χ2v) is 9.08. The van der Waals surface area contributed by atoms with Crippen LogP contribution in [0.4, 0.5) is 5.00 Å². The molecule has 2 aromatic rings. The van der Waals surface area contributed by atoms with Crippen molar-refractivity contribution in [2.45, 2.75) is 51.9 Å². The van der Waals surface area contributed by atoms with Crippen molar-refractivity contribution in [2.75, 3.05) is 5.32 Å². The average molecular weight is 383 g/mol. The number of hydrogen-bond donors (Lipinski definition) is 2. The van der Waals surface area contributed by atoms with Crippen molar-refractivity contribution >= 4 is 34.2 Å². The van der Waals surface area contributed by atoms with E-state index in [4.69, 9.17) is 5.73 Å². The monoisotopic (exact) mass is 382 g/mol. The fraction of sp³-hybridized carbons (Fsp3) is 0.364. The molecule has 27 heavy (non-hydrogen) atoms. The second-order valence-electron chi connectivity index (χ2n) is 7.97. The SMILES string of the molecule is CC(C)(C)c1ccc(/C=C/C(=O)Nc2sc3c(c2C(N)=O)CCCC3)cc1. The zero-order valence-corrected chi connectivity index (χ0v) is 16.9. The zero-order chi connectivity index (χ0) is 19.6. The van der Waals surface area contributed by atoms with Crippen molar-refractivity contribution in [3.63, 3.8) is 0 Å². The normalized spacial score (nSPS) is 14.2. The summed E-state index contributed by atoms with van der Waals surface area (Å²) >= 11 is 1.48. The maximum atomic E-state index is 12.4. The van der Waals surface area contributed by atoms with Crippen LogP contribution >= 0.6 is 11.3 Å². The van der Waals surface area contributed by atoms with Crippen LogP contribution in [0.3, 0.4) is 0 Å². The van der Waals surface area contributed by atoms with Gasteiger partial charge in [-0.2, -0.15) is 0 Å². The Morgan fingerprint density at radius 2 is 1.78 bits per heavy atom. The third kappa shape index (κ3) is 4.48. The van der Waals surface area contributed by atoms with E-state index in [-0.39, 0.29) is 11.3 Å². The van der Waals surface area contributed by atoms with Crippen molar-refractivity contribution in [1.82, 2.24) is 0 Å². The van der Waals surface area contributed by atoms with E-state index in [0.717, 1.165) is 36.8 Å². The molecule has 0 atom stereocenters. The first-order valence-corrected chi connectivity index (χ1v) is 10.1. The molecule has 5 heteroatoms. The van der Waals surface area contributed by atoms with E-state index < -0.39 is 5.91 Å². The first-order chi connectivity index (χ1) is 12.8. The Balaban J connectivity index is 1.73. The highest BCUT2D eigenvalue weighted by Crippen LogP contribution is 2.37. The lowest BCUT2D eigenvalue weighted by molar-refractivity contribution is -0.111. The molecule has 0 fully saturated rings. The molecule has 0 spiro atoms. The molecule has 2 amide bonds. The fourth-order valence-corrected chi connectivity index (χ4v) is 4.63. The van der Waals surface area contributed by atoms with Crippen LogP contribution in [-0.4, -0.2) is 11.8 Å². The fourth-order valence-electron chi connectivity index (χ4n) is 3.33. The molecule has 0 saturated carbocycles. The molecule has 1 heterocycles. The molecule has 1 aliphatic carbocycles. The number of amides is 2. The Bertz CT molecular complexity index is 886. The highest BCUT2D eigenvalue weighted by molar-refractivity contribution is 7.17. The first kappa shape index (κ1) is 19.4. The topological polar surface area (TPSA) is 72.2 Å². The molecular formula is C22H26N2O2S. The second kappa shape index (κ2) is 7.69. The van der Waals surface area contributed by atoms with E-state index in [1.807, 2.05) is 12.1 Å². The van der Waals surface area contributed by atoms with Gasteiger partial charge in [0.15, 0.2) is 0 Å². The number of anilines is 1. The summed E-state index contributed by atoms with van der Waals surface area (Å²) in [5, 5.41) is 3.42. The summed E-state index contributed by atoms with van der Waals surface area (Å²) < 4.78 is 0. The Kier molecular flexibility index (Phi) is 5.51. The summed E-state index contributed by atoms with van der Waals surface area (Å²) in [6, 6.07) is 8.16. The van der Waals surface area contributed by atoms with Gasteiger partial charge in [-0.05, 0) is 53.9 Å². The molecule has 0 bridgehead atoms. The third-order valence-corrected chi connectivity index (χ3v) is 6.07. The van der Waals surface area contributed by atoms with Gasteiger partial charge in [-0.25, -0.2) is 0 Å². The summed E-state index contributed by atoms with van der Waals surface area (Å²) in [7, 11) is 0. The average Bonchev–Trinajstić information content (AvgIpc) is 2.97. The van der Waals surface area contributed by atoms with E-state index in [0.29, 0.717) is 10.6 Å². The quantitative estimate of drug-likeness (QED) is 0.754. The van der Waals surface area contributed by atoms with Crippen molar-refractivity contribution < 1.29 is 9.59 Å².